The molecule has 0 aliphatic heterocycles. The zero-order chi connectivity index (χ0) is 26.9. The van der Waals surface area contributed by atoms with E-state index in [4.69, 9.17) is 43.3 Å². The number of carbonyl (C=O) groups is 3. The van der Waals surface area contributed by atoms with Gasteiger partial charge in [0.2, 0.25) is 0 Å². The number of halogens is 3. The molecule has 3 rings (SSSR count). The molecule has 36 heavy (non-hydrogen) atoms. The van der Waals surface area contributed by atoms with Gasteiger partial charge in [0.1, 0.15) is 40.4 Å². The first kappa shape index (κ1) is 30.2. The average Bonchev–Trinajstić information content (AvgIpc) is 2.78. The minimum absolute atomic E-state index is 0.377. The molecular formula is C25H24Cl3O6PZn. The van der Waals surface area contributed by atoms with Crippen molar-refractivity contribution in [1.29, 1.82) is 0 Å². The third kappa shape index (κ3) is 9.14. The maximum absolute atomic E-state index is 11.3. The van der Waals surface area contributed by atoms with Crippen LogP contribution in [-0.4, -0.2) is 24.6 Å². The molecule has 0 fully saturated rings. The summed E-state index contributed by atoms with van der Waals surface area (Å²) in [7, 11) is 12.9. The van der Waals surface area contributed by atoms with Crippen LogP contribution in [0, 0.1) is 0 Å². The normalized spacial score (nSPS) is 10.4. The topological polar surface area (TPSA) is 78.9 Å². The summed E-state index contributed by atoms with van der Waals surface area (Å²) in [6.07, 6.45) is 0. The van der Waals surface area contributed by atoms with Gasteiger partial charge in [0.25, 0.3) is 0 Å². The molecule has 6 nitrogen and oxygen atoms in total. The fraction of sp³-hybridized carbons (Fsp3) is 0.160. The van der Waals surface area contributed by atoms with E-state index in [0.29, 0.717) is 17.2 Å². The molecular weight excluding hydrogens is 599 g/mol. The summed E-state index contributed by atoms with van der Waals surface area (Å²) < 4.78 is 15.5. The van der Waals surface area contributed by atoms with Crippen molar-refractivity contribution in [3.8, 4) is 17.2 Å². The molecule has 188 valence electrons. The number of benzene rings is 3. The van der Waals surface area contributed by atoms with Crippen LogP contribution in [-0.2, 0) is 27.4 Å². The van der Waals surface area contributed by atoms with Crippen LogP contribution in [0.3, 0.4) is 0 Å². The van der Waals surface area contributed by atoms with Gasteiger partial charge in [0.15, 0.2) is 0 Å². The molecule has 0 saturated heterocycles. The zero-order valence-electron chi connectivity index (χ0n) is 20.2. The van der Waals surface area contributed by atoms with Crippen molar-refractivity contribution in [1.82, 2.24) is 0 Å². The fourth-order valence-electron chi connectivity index (χ4n) is 3.38. The third-order valence-electron chi connectivity index (χ3n) is 4.84. The van der Waals surface area contributed by atoms with Crippen molar-refractivity contribution in [2.24, 2.45) is 0 Å². The van der Waals surface area contributed by atoms with E-state index in [1.165, 1.54) is 20.8 Å². The van der Waals surface area contributed by atoms with Crippen LogP contribution in [0.5, 0.6) is 17.2 Å². The Morgan fingerprint density at radius 3 is 0.917 bits per heavy atom. The van der Waals surface area contributed by atoms with Crippen molar-refractivity contribution in [2.45, 2.75) is 20.8 Å². The Bertz CT molecular complexity index is 1040. The van der Waals surface area contributed by atoms with Gasteiger partial charge in [-0.15, -0.1) is 0 Å². The number of esters is 3. The molecule has 0 aromatic heterocycles. The quantitative estimate of drug-likeness (QED) is 0.157. The van der Waals surface area contributed by atoms with Crippen LogP contribution >= 0.6 is 36.3 Å². The molecule has 0 spiro atoms. The van der Waals surface area contributed by atoms with Crippen LogP contribution in [0.25, 0.3) is 0 Å². The van der Waals surface area contributed by atoms with E-state index in [1.54, 1.807) is 36.4 Å². The van der Waals surface area contributed by atoms with Crippen molar-refractivity contribution in [3.63, 3.8) is 0 Å². The average molecular weight is 623 g/mol. The molecule has 0 unspecified atom stereocenters. The fourth-order valence-corrected chi connectivity index (χ4v) is 6.51. The number of rotatable bonds is 6. The summed E-state index contributed by atoms with van der Waals surface area (Å²) in [5.41, 5.74) is 0. The molecule has 0 heterocycles. The van der Waals surface area contributed by atoms with E-state index in [1.807, 2.05) is 36.4 Å². The molecule has 0 atom stereocenters. The van der Waals surface area contributed by atoms with Gasteiger partial charge in [0.05, 0.1) is 6.66 Å². The second-order valence-electron chi connectivity index (χ2n) is 7.57. The minimum atomic E-state index is -2.21. The molecule has 3 aromatic rings. The molecule has 0 radical (unpaired) electrons. The summed E-state index contributed by atoms with van der Waals surface area (Å²) in [6, 6.07) is 22.3. The Morgan fingerprint density at radius 1 is 0.556 bits per heavy atom. The van der Waals surface area contributed by atoms with Crippen molar-refractivity contribution in [2.75, 3.05) is 6.66 Å². The maximum atomic E-state index is 11.3. The number of carbonyl (C=O) groups excluding carboxylic acids is 3. The van der Waals surface area contributed by atoms with Gasteiger partial charge < -0.3 is 14.2 Å². The van der Waals surface area contributed by atoms with Gasteiger partial charge in [-0.1, -0.05) is 0 Å². The summed E-state index contributed by atoms with van der Waals surface area (Å²) in [4.78, 5) is 33.8. The Labute approximate surface area is 228 Å². The van der Waals surface area contributed by atoms with Crippen LogP contribution in [0.15, 0.2) is 72.8 Å². The van der Waals surface area contributed by atoms with Gasteiger partial charge >= 0.3 is 60.0 Å². The molecule has 0 bridgehead atoms. The van der Waals surface area contributed by atoms with E-state index in [0.717, 1.165) is 15.9 Å². The first-order valence-corrected chi connectivity index (χ1v) is 24.7. The SMILES string of the molecule is CC(=O)Oc1ccc([P+](C)(c2ccc(OC(C)=O)cc2)c2ccc(OC(C)=O)cc2)cc1.[Cl][Zn-]([Cl])[Cl]. The first-order valence-electron chi connectivity index (χ1n) is 10.7. The van der Waals surface area contributed by atoms with Crippen LogP contribution in [0.1, 0.15) is 20.8 Å². The molecule has 0 aliphatic rings. The van der Waals surface area contributed by atoms with E-state index in [2.05, 4.69) is 6.66 Å². The summed E-state index contributed by atoms with van der Waals surface area (Å²) >= 11 is -2.21. The van der Waals surface area contributed by atoms with Gasteiger partial charge in [-0.2, -0.15) is 0 Å². The van der Waals surface area contributed by atoms with Crippen molar-refractivity contribution < 1.29 is 41.6 Å². The van der Waals surface area contributed by atoms with Gasteiger partial charge in [-0.3, -0.25) is 14.4 Å². The van der Waals surface area contributed by atoms with E-state index >= 15 is 0 Å². The molecule has 0 N–H and O–H groups in total. The second kappa shape index (κ2) is 14.1. The molecule has 0 saturated carbocycles. The molecule has 11 heteroatoms. The van der Waals surface area contributed by atoms with Crippen molar-refractivity contribution >= 4 is 70.2 Å². The van der Waals surface area contributed by atoms with Crippen LogP contribution < -0.4 is 30.1 Å². The van der Waals surface area contributed by atoms with E-state index in [-0.39, 0.29) is 17.9 Å². The van der Waals surface area contributed by atoms with Crippen LogP contribution in [0.4, 0.5) is 0 Å². The van der Waals surface area contributed by atoms with E-state index < -0.39 is 20.2 Å². The van der Waals surface area contributed by atoms with E-state index in [9.17, 15) is 14.4 Å². The molecule has 0 amide bonds. The second-order valence-corrected chi connectivity index (χ2v) is 25.0. The number of hydrogen-bond acceptors (Lipinski definition) is 6. The zero-order valence-corrected chi connectivity index (χ0v) is 26.3. The summed E-state index contributed by atoms with van der Waals surface area (Å²) in [6.45, 7) is 6.26. The Kier molecular flexibility index (Phi) is 11.8. The van der Waals surface area contributed by atoms with Gasteiger partial charge in [0, 0.05) is 20.8 Å². The standard InChI is InChI=1S/C25H24O6P.3ClH.Zn/c1-17(26)29-20-5-11-23(12-6-20)32(4,24-13-7-21(8-14-24)30-18(2)27)25-15-9-22(10-16-25)31-19(3)28;;;;/h5-16H,1-4H3;3*1H;/q+1;;;;+2/p-3. The summed E-state index contributed by atoms with van der Waals surface area (Å²) in [5, 5.41) is 3.19. The predicted octanol–water partition coefficient (Wildman–Crippen LogP) is 5.45. The Morgan fingerprint density at radius 2 is 0.750 bits per heavy atom. The molecule has 0 aliphatic carbocycles. The third-order valence-corrected chi connectivity index (χ3v) is 8.84. The van der Waals surface area contributed by atoms with Crippen LogP contribution in [0.2, 0.25) is 0 Å². The van der Waals surface area contributed by atoms with Gasteiger partial charge in [-0.25, -0.2) is 0 Å². The first-order chi connectivity index (χ1) is 16.9. The van der Waals surface area contributed by atoms with Gasteiger partial charge in [-0.05, 0) is 72.8 Å². The molecule has 3 aromatic carbocycles. The predicted molar refractivity (Wildman–Crippen MR) is 143 cm³/mol. The van der Waals surface area contributed by atoms with Crippen molar-refractivity contribution in [3.05, 3.63) is 72.8 Å². The Balaban J connectivity index is 0.00000106. The number of hydrogen-bond donors (Lipinski definition) is 0. The Hall–Kier alpha value is -2.01. The summed E-state index contributed by atoms with van der Waals surface area (Å²) in [5.74, 6) is 0.293. The number of ether oxygens (including phenoxy) is 3. The monoisotopic (exact) mass is 620 g/mol.